The van der Waals surface area contributed by atoms with Gasteiger partial charge in [-0.3, -0.25) is 4.79 Å². The first-order chi connectivity index (χ1) is 12.7. The van der Waals surface area contributed by atoms with Gasteiger partial charge in [-0.2, -0.15) is 0 Å². The largest absolute Gasteiger partial charge is 0.353 e. The molecule has 0 bridgehead atoms. The number of carbonyl (C=O) groups excluding carboxylic acids is 1. The maximum Gasteiger partial charge on any atom is 0.221 e. The topological polar surface area (TPSA) is 29.1 Å². The Labute approximate surface area is 155 Å². The van der Waals surface area contributed by atoms with Crippen molar-refractivity contribution in [2.75, 3.05) is 0 Å². The molecule has 1 atom stereocenters. The number of benzene rings is 3. The molecule has 0 unspecified atom stereocenters. The van der Waals surface area contributed by atoms with E-state index in [0.29, 0.717) is 6.42 Å². The van der Waals surface area contributed by atoms with Crippen molar-refractivity contribution in [1.82, 2.24) is 5.32 Å². The summed E-state index contributed by atoms with van der Waals surface area (Å²) in [5.41, 5.74) is 3.58. The summed E-state index contributed by atoms with van der Waals surface area (Å²) in [7, 11) is 0. The number of amides is 1. The van der Waals surface area contributed by atoms with Crippen LogP contribution in [-0.2, 0) is 11.2 Å². The number of rotatable bonds is 7. The van der Waals surface area contributed by atoms with Crippen LogP contribution in [0.1, 0.15) is 36.0 Å². The van der Waals surface area contributed by atoms with Crippen molar-refractivity contribution >= 4 is 5.91 Å². The fourth-order valence-corrected chi connectivity index (χ4v) is 3.34. The summed E-state index contributed by atoms with van der Waals surface area (Å²) in [4.78, 5) is 12.7. The van der Waals surface area contributed by atoms with E-state index in [-0.39, 0.29) is 17.9 Å². The molecule has 3 aromatic rings. The lowest BCUT2D eigenvalue weighted by molar-refractivity contribution is -0.121. The average molecular weight is 343 g/mol. The highest BCUT2D eigenvalue weighted by Gasteiger charge is 2.19. The molecule has 1 amide bonds. The lowest BCUT2D eigenvalue weighted by Gasteiger charge is -2.20. The molecule has 132 valence electrons. The molecule has 2 heteroatoms. The van der Waals surface area contributed by atoms with Crippen LogP contribution in [0.15, 0.2) is 91.0 Å². The molecule has 3 aromatic carbocycles. The molecule has 1 N–H and O–H groups in total. The molecule has 0 heterocycles. The number of nitrogens with one attached hydrogen (secondary N) is 1. The minimum Gasteiger partial charge on any atom is -0.353 e. The maximum atomic E-state index is 12.7. The zero-order chi connectivity index (χ0) is 18.2. The highest BCUT2D eigenvalue weighted by atomic mass is 16.1. The van der Waals surface area contributed by atoms with Crippen molar-refractivity contribution < 1.29 is 4.79 Å². The van der Waals surface area contributed by atoms with E-state index in [9.17, 15) is 4.79 Å². The van der Waals surface area contributed by atoms with Gasteiger partial charge in [0.2, 0.25) is 5.91 Å². The summed E-state index contributed by atoms with van der Waals surface area (Å²) >= 11 is 0. The van der Waals surface area contributed by atoms with Gasteiger partial charge in [0.05, 0.1) is 0 Å². The van der Waals surface area contributed by atoms with Crippen LogP contribution in [0.25, 0.3) is 0 Å². The van der Waals surface area contributed by atoms with Gasteiger partial charge in [-0.15, -0.1) is 0 Å². The third kappa shape index (κ3) is 5.06. The molecular formula is C24H25NO. The first-order valence-corrected chi connectivity index (χ1v) is 9.15. The predicted molar refractivity (Wildman–Crippen MR) is 107 cm³/mol. The second kappa shape index (κ2) is 9.00. The smallest absolute Gasteiger partial charge is 0.221 e. The Morgan fingerprint density at radius 2 is 1.23 bits per heavy atom. The molecule has 0 spiro atoms. The molecule has 0 aromatic heterocycles. The Morgan fingerprint density at radius 1 is 0.769 bits per heavy atom. The van der Waals surface area contributed by atoms with Crippen LogP contribution >= 0.6 is 0 Å². The van der Waals surface area contributed by atoms with E-state index in [1.807, 2.05) is 54.6 Å². The van der Waals surface area contributed by atoms with Gasteiger partial charge >= 0.3 is 0 Å². The van der Waals surface area contributed by atoms with E-state index in [2.05, 4.69) is 48.6 Å². The van der Waals surface area contributed by atoms with Gasteiger partial charge in [0, 0.05) is 18.4 Å². The molecule has 0 aliphatic heterocycles. The summed E-state index contributed by atoms with van der Waals surface area (Å²) < 4.78 is 0. The molecule has 0 saturated heterocycles. The van der Waals surface area contributed by atoms with Crippen molar-refractivity contribution in [3.05, 3.63) is 108 Å². The first-order valence-electron chi connectivity index (χ1n) is 9.15. The zero-order valence-corrected chi connectivity index (χ0v) is 15.1. The third-order valence-electron chi connectivity index (χ3n) is 4.59. The van der Waals surface area contributed by atoms with Crippen molar-refractivity contribution in [2.24, 2.45) is 0 Å². The van der Waals surface area contributed by atoms with E-state index in [0.717, 1.165) is 6.42 Å². The Kier molecular flexibility index (Phi) is 6.21. The summed E-state index contributed by atoms with van der Waals surface area (Å²) in [6, 6.07) is 30.9. The second-order valence-corrected chi connectivity index (χ2v) is 6.74. The van der Waals surface area contributed by atoms with Gasteiger partial charge in [0.1, 0.15) is 0 Å². The van der Waals surface area contributed by atoms with Crippen molar-refractivity contribution in [2.45, 2.75) is 31.7 Å². The minimum absolute atomic E-state index is 0.0707. The summed E-state index contributed by atoms with van der Waals surface area (Å²) in [6.07, 6.45) is 1.29. The Balaban J connectivity index is 1.68. The molecule has 3 rings (SSSR count). The number of carbonyl (C=O) groups is 1. The van der Waals surface area contributed by atoms with Crippen LogP contribution in [0.3, 0.4) is 0 Å². The quantitative estimate of drug-likeness (QED) is 0.646. The van der Waals surface area contributed by atoms with Crippen LogP contribution in [0, 0.1) is 0 Å². The highest BCUT2D eigenvalue weighted by molar-refractivity contribution is 5.77. The average Bonchev–Trinajstić information content (AvgIpc) is 2.68. The molecule has 0 aliphatic rings. The maximum absolute atomic E-state index is 12.7. The summed E-state index contributed by atoms with van der Waals surface area (Å²) in [5, 5.41) is 3.16. The fraction of sp³-hybridized carbons (Fsp3) is 0.208. The van der Waals surface area contributed by atoms with Gasteiger partial charge in [-0.1, -0.05) is 91.0 Å². The van der Waals surface area contributed by atoms with Crippen LogP contribution in [0.5, 0.6) is 0 Å². The second-order valence-electron chi connectivity index (χ2n) is 6.74. The first kappa shape index (κ1) is 17.9. The van der Waals surface area contributed by atoms with Gasteiger partial charge in [-0.25, -0.2) is 0 Å². The van der Waals surface area contributed by atoms with Crippen molar-refractivity contribution in [3.63, 3.8) is 0 Å². The Bertz CT molecular complexity index is 760. The van der Waals surface area contributed by atoms with E-state index in [1.54, 1.807) is 0 Å². The van der Waals surface area contributed by atoms with E-state index in [1.165, 1.54) is 16.7 Å². The lowest BCUT2D eigenvalue weighted by atomic mass is 9.88. The van der Waals surface area contributed by atoms with E-state index >= 15 is 0 Å². The summed E-state index contributed by atoms with van der Waals surface area (Å²) in [5.74, 6) is 0.160. The van der Waals surface area contributed by atoms with Crippen LogP contribution < -0.4 is 5.32 Å². The zero-order valence-electron chi connectivity index (χ0n) is 15.1. The lowest BCUT2D eigenvalue weighted by Crippen LogP contribution is -2.35. The monoisotopic (exact) mass is 343 g/mol. The molecule has 0 aliphatic carbocycles. The third-order valence-corrected chi connectivity index (χ3v) is 4.59. The summed E-state index contributed by atoms with van der Waals surface area (Å²) in [6.45, 7) is 2.06. The highest BCUT2D eigenvalue weighted by Crippen LogP contribution is 2.27. The molecular weight excluding hydrogens is 318 g/mol. The van der Waals surface area contributed by atoms with E-state index in [4.69, 9.17) is 0 Å². The molecule has 0 fully saturated rings. The van der Waals surface area contributed by atoms with Crippen LogP contribution in [0.4, 0.5) is 0 Å². The molecule has 0 radical (unpaired) electrons. The van der Waals surface area contributed by atoms with Gasteiger partial charge in [-0.05, 0) is 30.0 Å². The van der Waals surface area contributed by atoms with Gasteiger partial charge < -0.3 is 5.32 Å². The molecule has 26 heavy (non-hydrogen) atoms. The van der Waals surface area contributed by atoms with Crippen molar-refractivity contribution in [1.29, 1.82) is 0 Å². The van der Waals surface area contributed by atoms with Crippen LogP contribution in [0.2, 0.25) is 0 Å². The predicted octanol–water partition coefficient (Wildman–Crippen LogP) is 4.96. The standard InChI is InChI=1S/C24H25NO/c1-19(17-20-11-5-2-6-12-20)25-24(26)18-23(21-13-7-3-8-14-21)22-15-9-4-10-16-22/h2-16,19,23H,17-18H2,1H3,(H,25,26)/t19-/m0/s1. The number of hydrogen-bond donors (Lipinski definition) is 1. The Hall–Kier alpha value is -2.87. The van der Waals surface area contributed by atoms with Crippen molar-refractivity contribution in [3.8, 4) is 0 Å². The molecule has 2 nitrogen and oxygen atoms in total. The molecule has 0 saturated carbocycles. The fourth-order valence-electron chi connectivity index (χ4n) is 3.34. The SMILES string of the molecule is C[C@@H](Cc1ccccc1)NC(=O)CC(c1ccccc1)c1ccccc1. The van der Waals surface area contributed by atoms with Crippen LogP contribution in [-0.4, -0.2) is 11.9 Å². The normalized spacial score (nSPS) is 11.9. The minimum atomic E-state index is 0.0707. The van der Waals surface area contributed by atoms with Gasteiger partial charge in [0.25, 0.3) is 0 Å². The Morgan fingerprint density at radius 3 is 1.73 bits per heavy atom. The van der Waals surface area contributed by atoms with E-state index < -0.39 is 0 Å². The number of hydrogen-bond acceptors (Lipinski definition) is 1. The van der Waals surface area contributed by atoms with Gasteiger partial charge in [0.15, 0.2) is 0 Å².